The van der Waals surface area contributed by atoms with E-state index >= 15 is 0 Å². The number of fused-ring (bicyclic) bond motifs is 2. The molecule has 2 saturated heterocycles. The molecule has 2 bridgehead atoms. The average molecular weight is 492 g/mol. The fourth-order valence-corrected chi connectivity index (χ4v) is 5.67. The molecule has 2 aliphatic heterocycles. The van der Waals surface area contributed by atoms with Crippen molar-refractivity contribution in [1.29, 1.82) is 0 Å². The molecule has 3 heterocycles. The van der Waals surface area contributed by atoms with Crippen molar-refractivity contribution in [2.45, 2.75) is 90.4 Å². The van der Waals surface area contributed by atoms with Crippen molar-refractivity contribution in [3.8, 4) is 0 Å². The zero-order valence-electron chi connectivity index (χ0n) is 21.6. The molecule has 1 aromatic heterocycles. The monoisotopic (exact) mass is 491 g/mol. The number of nitrogens with zero attached hydrogens (tertiary/aromatic N) is 2. The Kier molecular flexibility index (Phi) is 7.62. The molecular formula is C28H37N5O3. The van der Waals surface area contributed by atoms with Crippen molar-refractivity contribution in [2.24, 2.45) is 5.73 Å². The molecule has 2 amide bonds. The molecule has 2 fully saturated rings. The summed E-state index contributed by atoms with van der Waals surface area (Å²) in [6, 6.07) is 8.11. The highest BCUT2D eigenvalue weighted by Gasteiger charge is 2.42. The minimum absolute atomic E-state index is 0.0101. The van der Waals surface area contributed by atoms with Crippen molar-refractivity contribution in [3.05, 3.63) is 52.7 Å². The number of nitrogens with two attached hydrogens (primary N) is 1. The zero-order chi connectivity index (χ0) is 26.0. The summed E-state index contributed by atoms with van der Waals surface area (Å²) in [7, 11) is 0. The Balaban J connectivity index is 1.48. The van der Waals surface area contributed by atoms with E-state index in [0.717, 1.165) is 49.9 Å². The summed E-state index contributed by atoms with van der Waals surface area (Å²) < 4.78 is 0. The Hall–Kier alpha value is -3.42. The molecule has 3 atom stereocenters. The van der Waals surface area contributed by atoms with Gasteiger partial charge >= 0.3 is 0 Å². The van der Waals surface area contributed by atoms with E-state index in [4.69, 9.17) is 5.73 Å². The molecular weight excluding hydrogens is 454 g/mol. The number of carbonyl (C=O) groups is 3. The second-order valence-electron chi connectivity index (χ2n) is 10.1. The van der Waals surface area contributed by atoms with E-state index in [1.54, 1.807) is 25.3 Å². The van der Waals surface area contributed by atoms with Crippen LogP contribution in [0.15, 0.2) is 30.5 Å². The lowest BCUT2D eigenvalue weighted by molar-refractivity contribution is 0.0924. The van der Waals surface area contributed by atoms with E-state index in [9.17, 15) is 14.4 Å². The molecule has 192 valence electrons. The Labute approximate surface area is 213 Å². The minimum atomic E-state index is -0.507. The van der Waals surface area contributed by atoms with Gasteiger partial charge in [0.2, 0.25) is 0 Å². The summed E-state index contributed by atoms with van der Waals surface area (Å²) >= 11 is 0. The maximum Gasteiger partial charge on any atom is 0.251 e. The van der Waals surface area contributed by atoms with Crippen LogP contribution in [0.3, 0.4) is 0 Å². The Morgan fingerprint density at radius 1 is 1.08 bits per heavy atom. The summed E-state index contributed by atoms with van der Waals surface area (Å²) in [5.74, 6) is 0.272. The van der Waals surface area contributed by atoms with Gasteiger partial charge < -0.3 is 21.3 Å². The first-order chi connectivity index (χ1) is 17.2. The van der Waals surface area contributed by atoms with Gasteiger partial charge in [-0.3, -0.25) is 14.4 Å². The van der Waals surface area contributed by atoms with Crippen molar-refractivity contribution in [2.75, 3.05) is 10.2 Å². The number of benzene rings is 1. The normalized spacial score (nSPS) is 20.9. The second-order valence-corrected chi connectivity index (χ2v) is 10.1. The molecule has 2 aromatic rings. The molecule has 8 heteroatoms. The van der Waals surface area contributed by atoms with Crippen LogP contribution in [0.25, 0.3) is 0 Å². The van der Waals surface area contributed by atoms with E-state index in [1.165, 1.54) is 0 Å². The van der Waals surface area contributed by atoms with Gasteiger partial charge in [-0.05, 0) is 82.2 Å². The average Bonchev–Trinajstić information content (AvgIpc) is 3.12. The first kappa shape index (κ1) is 25.7. The molecule has 2 aliphatic rings. The molecule has 0 radical (unpaired) electrons. The summed E-state index contributed by atoms with van der Waals surface area (Å²) in [6.07, 6.45) is 7.25. The number of nitrogens with one attached hydrogen (secondary N) is 2. The van der Waals surface area contributed by atoms with Crippen LogP contribution in [-0.2, 0) is 0 Å². The van der Waals surface area contributed by atoms with E-state index in [2.05, 4.69) is 34.4 Å². The molecule has 0 saturated carbocycles. The molecule has 4 rings (SSSR count). The minimum Gasteiger partial charge on any atom is -0.382 e. The Bertz CT molecular complexity index is 1130. The predicted molar refractivity (Wildman–Crippen MR) is 142 cm³/mol. The number of aryl methyl sites for hydroxylation is 1. The van der Waals surface area contributed by atoms with E-state index < -0.39 is 5.91 Å². The topological polar surface area (TPSA) is 117 Å². The first-order valence-corrected chi connectivity index (χ1v) is 13.0. The number of ketones is 1. The van der Waals surface area contributed by atoms with Crippen LogP contribution in [0, 0.1) is 6.92 Å². The van der Waals surface area contributed by atoms with E-state index in [-0.39, 0.29) is 23.8 Å². The molecule has 0 spiro atoms. The number of pyridine rings is 1. The van der Waals surface area contributed by atoms with E-state index in [0.29, 0.717) is 34.5 Å². The van der Waals surface area contributed by atoms with Gasteiger partial charge in [0, 0.05) is 47.2 Å². The Morgan fingerprint density at radius 2 is 1.75 bits per heavy atom. The summed E-state index contributed by atoms with van der Waals surface area (Å²) in [5, 5.41) is 6.65. The van der Waals surface area contributed by atoms with Crippen LogP contribution in [0.4, 0.5) is 11.5 Å². The molecule has 1 aromatic carbocycles. The Morgan fingerprint density at radius 3 is 2.28 bits per heavy atom. The molecule has 4 N–H and O–H groups in total. The van der Waals surface area contributed by atoms with Crippen LogP contribution in [0.1, 0.15) is 95.9 Å². The summed E-state index contributed by atoms with van der Waals surface area (Å²) in [4.78, 5) is 43.9. The first-order valence-electron chi connectivity index (χ1n) is 13.0. The van der Waals surface area contributed by atoms with Gasteiger partial charge in [-0.25, -0.2) is 4.98 Å². The summed E-state index contributed by atoms with van der Waals surface area (Å²) in [6.45, 7) is 7.55. The highest BCUT2D eigenvalue weighted by Crippen LogP contribution is 2.38. The lowest BCUT2D eigenvalue weighted by Crippen LogP contribution is -2.50. The molecule has 8 nitrogen and oxygen atoms in total. The third-order valence-electron chi connectivity index (χ3n) is 7.71. The maximum atomic E-state index is 13.4. The van der Waals surface area contributed by atoms with Crippen molar-refractivity contribution < 1.29 is 14.4 Å². The van der Waals surface area contributed by atoms with Gasteiger partial charge in [-0.15, -0.1) is 0 Å². The second kappa shape index (κ2) is 10.7. The molecule has 36 heavy (non-hydrogen) atoms. The third kappa shape index (κ3) is 5.22. The van der Waals surface area contributed by atoms with Crippen molar-refractivity contribution >= 4 is 29.1 Å². The largest absolute Gasteiger partial charge is 0.382 e. The van der Waals surface area contributed by atoms with Gasteiger partial charge in [0.1, 0.15) is 5.82 Å². The summed E-state index contributed by atoms with van der Waals surface area (Å²) in [5.41, 5.74) is 8.56. The van der Waals surface area contributed by atoms with E-state index in [1.807, 2.05) is 19.1 Å². The highest BCUT2D eigenvalue weighted by molar-refractivity contribution is 6.03. The number of aromatic nitrogens is 1. The van der Waals surface area contributed by atoms with Crippen LogP contribution in [-0.4, -0.2) is 46.7 Å². The number of amides is 2. The van der Waals surface area contributed by atoms with Gasteiger partial charge in [-0.1, -0.05) is 13.8 Å². The highest BCUT2D eigenvalue weighted by atomic mass is 16.2. The molecule has 0 aliphatic carbocycles. The standard InChI is InChI=1S/C28H37N5O3/c1-5-19(6-2)31-25-14-23(16(3)11-24(25)27(29)35)28(36)32-20-12-21-8-9-22(13-20)33(21)26-10-7-18(15-30-26)17(4)34/h7,10-11,14-15,19-22,31H,5-6,8-9,12-13H2,1-4H3,(H2,29,35)(H,32,36)/t20-,21+,22-. The number of rotatable bonds is 9. The predicted octanol–water partition coefficient (Wildman–Crippen LogP) is 4.22. The van der Waals surface area contributed by atoms with Crippen molar-refractivity contribution in [1.82, 2.24) is 10.3 Å². The number of carbonyl (C=O) groups excluding carboxylic acids is 3. The lowest BCUT2D eigenvalue weighted by Gasteiger charge is -2.40. The fraction of sp³-hybridized carbons (Fsp3) is 0.500. The smallest absolute Gasteiger partial charge is 0.251 e. The molecule has 0 unspecified atom stereocenters. The van der Waals surface area contributed by atoms with Crippen LogP contribution < -0.4 is 21.3 Å². The number of anilines is 2. The van der Waals surface area contributed by atoms with Crippen LogP contribution in [0.2, 0.25) is 0 Å². The van der Waals surface area contributed by atoms with Crippen LogP contribution in [0.5, 0.6) is 0 Å². The zero-order valence-corrected chi connectivity index (χ0v) is 21.6. The lowest BCUT2D eigenvalue weighted by atomic mass is 9.95. The van der Waals surface area contributed by atoms with Crippen LogP contribution >= 0.6 is 0 Å². The third-order valence-corrected chi connectivity index (χ3v) is 7.71. The number of Topliss-reactive ketones (excluding diaryl/α,β-unsaturated/α-hetero) is 1. The number of hydrogen-bond donors (Lipinski definition) is 3. The number of primary amides is 1. The maximum absolute atomic E-state index is 13.4. The van der Waals surface area contributed by atoms with Gasteiger partial charge in [0.15, 0.2) is 5.78 Å². The fourth-order valence-electron chi connectivity index (χ4n) is 5.67. The number of piperidine rings is 1. The SMILES string of the molecule is CCC(CC)Nc1cc(C(=O)N[C@H]2C[C@H]3CC[C@@H](C2)N3c2ccc(C(C)=O)cn2)c(C)cc1C(N)=O. The van der Waals surface area contributed by atoms with Gasteiger partial charge in [0.25, 0.3) is 11.8 Å². The van der Waals surface area contributed by atoms with Gasteiger partial charge in [-0.2, -0.15) is 0 Å². The number of hydrogen-bond acceptors (Lipinski definition) is 6. The quantitative estimate of drug-likeness (QED) is 0.452. The van der Waals surface area contributed by atoms with Gasteiger partial charge in [0.05, 0.1) is 5.56 Å². The van der Waals surface area contributed by atoms with Crippen molar-refractivity contribution in [3.63, 3.8) is 0 Å².